The molecule has 1 aromatic carbocycles. The Balaban J connectivity index is 2.48. The number of hydrogen-bond acceptors (Lipinski definition) is 3. The second kappa shape index (κ2) is 5.26. The van der Waals surface area contributed by atoms with Crippen molar-refractivity contribution in [1.29, 1.82) is 5.26 Å². The maximum absolute atomic E-state index is 8.98. The Morgan fingerprint density at radius 3 is 2.60 bits per heavy atom. The normalized spacial score (nSPS) is 12.1. The van der Waals surface area contributed by atoms with E-state index in [1.165, 1.54) is 0 Å². The van der Waals surface area contributed by atoms with Gasteiger partial charge in [0.05, 0.1) is 28.3 Å². The highest BCUT2D eigenvalue weighted by molar-refractivity contribution is 5.77. The quantitative estimate of drug-likeness (QED) is 0.853. The van der Waals surface area contributed by atoms with E-state index in [1.807, 2.05) is 39.0 Å². The summed E-state index contributed by atoms with van der Waals surface area (Å²) < 4.78 is 8.01. The molecule has 0 radical (unpaired) electrons. The summed E-state index contributed by atoms with van der Waals surface area (Å²) >= 11 is 0. The zero-order valence-corrected chi connectivity index (χ0v) is 12.8. The van der Waals surface area contributed by atoms with E-state index in [-0.39, 0.29) is 5.60 Å². The molecule has 0 saturated heterocycles. The average molecular weight is 271 g/mol. The third-order valence-corrected chi connectivity index (χ3v) is 3.04. The first kappa shape index (κ1) is 14.5. The SMILES string of the molecule is CC(C)n1c(COC(C)(C)C)nc2cc(C#N)ccc21. The highest BCUT2D eigenvalue weighted by Crippen LogP contribution is 2.23. The van der Waals surface area contributed by atoms with Gasteiger partial charge in [0, 0.05) is 6.04 Å². The van der Waals surface area contributed by atoms with Crippen LogP contribution in [-0.2, 0) is 11.3 Å². The predicted octanol–water partition coefficient (Wildman–Crippen LogP) is 3.80. The van der Waals surface area contributed by atoms with Crippen molar-refractivity contribution < 1.29 is 4.74 Å². The van der Waals surface area contributed by atoms with E-state index in [0.29, 0.717) is 18.2 Å². The first-order valence-corrected chi connectivity index (χ1v) is 6.87. The molecule has 20 heavy (non-hydrogen) atoms. The van der Waals surface area contributed by atoms with Crippen LogP contribution in [0.4, 0.5) is 0 Å². The summed E-state index contributed by atoms with van der Waals surface area (Å²) in [6.07, 6.45) is 0. The second-order valence-electron chi connectivity index (χ2n) is 6.21. The van der Waals surface area contributed by atoms with Crippen molar-refractivity contribution in [3.63, 3.8) is 0 Å². The molecule has 0 aliphatic carbocycles. The molecule has 0 bridgehead atoms. The maximum Gasteiger partial charge on any atom is 0.136 e. The monoisotopic (exact) mass is 271 g/mol. The highest BCUT2D eigenvalue weighted by atomic mass is 16.5. The van der Waals surface area contributed by atoms with Gasteiger partial charge in [0.15, 0.2) is 0 Å². The summed E-state index contributed by atoms with van der Waals surface area (Å²) in [5, 5.41) is 8.98. The lowest BCUT2D eigenvalue weighted by Gasteiger charge is -2.20. The molecule has 0 aliphatic rings. The standard InChI is InChI=1S/C16H21N3O/c1-11(2)19-14-7-6-12(9-17)8-13(14)18-15(19)10-20-16(3,4)5/h6-8,11H,10H2,1-5H3. The fourth-order valence-corrected chi connectivity index (χ4v) is 2.18. The fourth-order valence-electron chi connectivity index (χ4n) is 2.18. The molecule has 2 rings (SSSR count). The lowest BCUT2D eigenvalue weighted by molar-refractivity contribution is -0.0194. The van der Waals surface area contributed by atoms with E-state index >= 15 is 0 Å². The molecular weight excluding hydrogens is 250 g/mol. The molecule has 106 valence electrons. The number of hydrogen-bond donors (Lipinski definition) is 0. The maximum atomic E-state index is 8.98. The van der Waals surface area contributed by atoms with Crippen LogP contribution in [0, 0.1) is 11.3 Å². The molecule has 0 spiro atoms. The number of benzene rings is 1. The Hall–Kier alpha value is -1.86. The van der Waals surface area contributed by atoms with Crippen molar-refractivity contribution in [3.05, 3.63) is 29.6 Å². The molecule has 0 atom stereocenters. The van der Waals surface area contributed by atoms with E-state index in [1.54, 1.807) is 0 Å². The molecule has 4 nitrogen and oxygen atoms in total. The number of aromatic nitrogens is 2. The second-order valence-corrected chi connectivity index (χ2v) is 6.21. The van der Waals surface area contributed by atoms with Gasteiger partial charge in [-0.1, -0.05) is 0 Å². The van der Waals surface area contributed by atoms with Crippen LogP contribution in [-0.4, -0.2) is 15.2 Å². The molecule has 1 aromatic heterocycles. The number of nitriles is 1. The van der Waals surface area contributed by atoms with E-state index in [9.17, 15) is 0 Å². The Kier molecular flexibility index (Phi) is 3.82. The van der Waals surface area contributed by atoms with E-state index in [4.69, 9.17) is 10.00 Å². The van der Waals surface area contributed by atoms with Gasteiger partial charge >= 0.3 is 0 Å². The zero-order chi connectivity index (χ0) is 14.9. The van der Waals surface area contributed by atoms with Crippen LogP contribution in [0.25, 0.3) is 11.0 Å². The van der Waals surface area contributed by atoms with Crippen molar-refractivity contribution in [3.8, 4) is 6.07 Å². The average Bonchev–Trinajstić information content (AvgIpc) is 2.72. The molecule has 0 aliphatic heterocycles. The van der Waals surface area contributed by atoms with Crippen LogP contribution in [0.2, 0.25) is 0 Å². The van der Waals surface area contributed by atoms with Gasteiger partial charge in [-0.25, -0.2) is 4.98 Å². The molecule has 2 aromatic rings. The Morgan fingerprint density at radius 1 is 1.35 bits per heavy atom. The number of nitrogens with zero attached hydrogens (tertiary/aromatic N) is 3. The summed E-state index contributed by atoms with van der Waals surface area (Å²) in [6.45, 7) is 10.8. The summed E-state index contributed by atoms with van der Waals surface area (Å²) in [7, 11) is 0. The Bertz CT molecular complexity index is 657. The molecular formula is C16H21N3O. The number of fused-ring (bicyclic) bond motifs is 1. The minimum absolute atomic E-state index is 0.197. The van der Waals surface area contributed by atoms with Gasteiger partial charge in [-0.3, -0.25) is 0 Å². The molecule has 0 saturated carbocycles. The predicted molar refractivity (Wildman–Crippen MR) is 79.4 cm³/mol. The van der Waals surface area contributed by atoms with Gasteiger partial charge in [0.1, 0.15) is 12.4 Å². The van der Waals surface area contributed by atoms with Gasteiger partial charge < -0.3 is 9.30 Å². The third kappa shape index (κ3) is 3.00. The van der Waals surface area contributed by atoms with E-state index in [2.05, 4.69) is 29.5 Å². The number of ether oxygens (including phenoxy) is 1. The lowest BCUT2D eigenvalue weighted by atomic mass is 10.2. The van der Waals surface area contributed by atoms with E-state index < -0.39 is 0 Å². The first-order chi connectivity index (χ1) is 9.31. The minimum atomic E-state index is -0.197. The van der Waals surface area contributed by atoms with Gasteiger partial charge in [-0.05, 0) is 52.8 Å². The van der Waals surface area contributed by atoms with E-state index in [0.717, 1.165) is 16.9 Å². The number of imidazole rings is 1. The van der Waals surface area contributed by atoms with Gasteiger partial charge in [0.2, 0.25) is 0 Å². The summed E-state index contributed by atoms with van der Waals surface area (Å²) in [6, 6.07) is 8.07. The minimum Gasteiger partial charge on any atom is -0.368 e. The summed E-state index contributed by atoms with van der Waals surface area (Å²) in [5.74, 6) is 0.903. The molecule has 0 amide bonds. The van der Waals surface area contributed by atoms with Crippen LogP contribution < -0.4 is 0 Å². The van der Waals surface area contributed by atoms with Crippen LogP contribution in [0.3, 0.4) is 0 Å². The number of rotatable bonds is 3. The van der Waals surface area contributed by atoms with Crippen LogP contribution in [0.5, 0.6) is 0 Å². The summed E-state index contributed by atoms with van der Waals surface area (Å²) in [5.41, 5.74) is 2.34. The largest absolute Gasteiger partial charge is 0.368 e. The molecule has 0 unspecified atom stereocenters. The van der Waals surface area contributed by atoms with Gasteiger partial charge in [-0.2, -0.15) is 5.26 Å². The van der Waals surface area contributed by atoms with Crippen molar-refractivity contribution in [1.82, 2.24) is 9.55 Å². The van der Waals surface area contributed by atoms with Crippen LogP contribution in [0.15, 0.2) is 18.2 Å². The van der Waals surface area contributed by atoms with Gasteiger partial charge in [0.25, 0.3) is 0 Å². The zero-order valence-electron chi connectivity index (χ0n) is 12.8. The topological polar surface area (TPSA) is 50.8 Å². The fraction of sp³-hybridized carbons (Fsp3) is 0.500. The molecule has 0 N–H and O–H groups in total. The first-order valence-electron chi connectivity index (χ1n) is 6.87. The van der Waals surface area contributed by atoms with Crippen molar-refractivity contribution in [2.75, 3.05) is 0 Å². The van der Waals surface area contributed by atoms with Gasteiger partial charge in [-0.15, -0.1) is 0 Å². The smallest absolute Gasteiger partial charge is 0.136 e. The molecule has 0 fully saturated rings. The highest BCUT2D eigenvalue weighted by Gasteiger charge is 2.17. The van der Waals surface area contributed by atoms with Crippen LogP contribution in [0.1, 0.15) is 52.0 Å². The van der Waals surface area contributed by atoms with Crippen molar-refractivity contribution in [2.24, 2.45) is 0 Å². The lowest BCUT2D eigenvalue weighted by Crippen LogP contribution is -2.20. The molecule has 4 heteroatoms. The molecule has 1 heterocycles. The van der Waals surface area contributed by atoms with Crippen molar-refractivity contribution >= 4 is 11.0 Å². The van der Waals surface area contributed by atoms with Crippen molar-refractivity contribution in [2.45, 2.75) is 52.9 Å². The Morgan fingerprint density at radius 2 is 2.05 bits per heavy atom. The summed E-state index contributed by atoms with van der Waals surface area (Å²) in [4.78, 5) is 4.63. The third-order valence-electron chi connectivity index (χ3n) is 3.04. The Labute approximate surface area is 120 Å². The van der Waals surface area contributed by atoms with Crippen LogP contribution >= 0.6 is 0 Å².